The third-order valence-electron chi connectivity index (χ3n) is 7.02. The van der Waals surface area contributed by atoms with Crippen LogP contribution >= 0.6 is 12.2 Å². The number of benzene rings is 1. The quantitative estimate of drug-likeness (QED) is 0.456. The summed E-state index contributed by atoms with van der Waals surface area (Å²) in [6.45, 7) is 2.53. The van der Waals surface area contributed by atoms with Gasteiger partial charge < -0.3 is 20.1 Å². The van der Waals surface area contributed by atoms with Gasteiger partial charge in [-0.15, -0.1) is 0 Å². The molecule has 0 bridgehead atoms. The zero-order valence-electron chi connectivity index (χ0n) is 19.5. The van der Waals surface area contributed by atoms with Gasteiger partial charge in [-0.1, -0.05) is 37.1 Å². The highest BCUT2D eigenvalue weighted by atomic mass is 32.1. The molecule has 34 heavy (non-hydrogen) atoms. The molecule has 5 rings (SSSR count). The maximum Gasteiger partial charge on any atom is 0.226 e. The Morgan fingerprint density at radius 1 is 1.15 bits per heavy atom. The van der Waals surface area contributed by atoms with Crippen LogP contribution in [0.4, 0.5) is 5.69 Å². The highest BCUT2D eigenvalue weighted by Crippen LogP contribution is 2.40. The van der Waals surface area contributed by atoms with Crippen LogP contribution in [0, 0.1) is 6.92 Å². The highest BCUT2D eigenvalue weighted by Gasteiger charge is 2.40. The highest BCUT2D eigenvalue weighted by molar-refractivity contribution is 7.80. The van der Waals surface area contributed by atoms with Crippen LogP contribution in [0.25, 0.3) is 0 Å². The number of anilines is 1. The van der Waals surface area contributed by atoms with Crippen LogP contribution in [-0.2, 0) is 4.79 Å². The lowest BCUT2D eigenvalue weighted by atomic mass is 9.99. The molecule has 1 saturated heterocycles. The number of hydrogen-bond acceptors (Lipinski definition) is 3. The Hall–Kier alpha value is -3.19. The Morgan fingerprint density at radius 3 is 2.71 bits per heavy atom. The summed E-state index contributed by atoms with van der Waals surface area (Å²) < 4.78 is 2.36. The molecule has 1 aliphatic heterocycles. The van der Waals surface area contributed by atoms with Crippen molar-refractivity contribution in [2.24, 2.45) is 0 Å². The maximum absolute atomic E-state index is 12.8. The Bertz CT molecular complexity index is 1150. The smallest absolute Gasteiger partial charge is 0.226 e. The molecule has 1 amide bonds. The molecule has 176 valence electrons. The van der Waals surface area contributed by atoms with E-state index in [1.165, 1.54) is 31.2 Å². The second-order valence-corrected chi connectivity index (χ2v) is 9.65. The Labute approximate surface area is 206 Å². The Balaban J connectivity index is 1.36. The van der Waals surface area contributed by atoms with Crippen LogP contribution in [0.2, 0.25) is 0 Å². The number of rotatable bonds is 7. The molecule has 0 unspecified atom stereocenters. The first-order valence-electron chi connectivity index (χ1n) is 12.1. The predicted molar refractivity (Wildman–Crippen MR) is 139 cm³/mol. The number of nitrogens with one attached hydrogen (secondary N) is 2. The molecule has 1 aliphatic carbocycles. The van der Waals surface area contributed by atoms with Crippen LogP contribution in [0.3, 0.4) is 0 Å². The molecule has 2 fully saturated rings. The van der Waals surface area contributed by atoms with Gasteiger partial charge in [0.25, 0.3) is 0 Å². The molecule has 7 heteroatoms. The predicted octanol–water partition coefficient (Wildman–Crippen LogP) is 5.31. The van der Waals surface area contributed by atoms with Crippen LogP contribution in [0.5, 0.6) is 0 Å². The fourth-order valence-electron chi connectivity index (χ4n) is 5.19. The van der Waals surface area contributed by atoms with E-state index >= 15 is 0 Å². The zero-order chi connectivity index (χ0) is 23.5. The summed E-state index contributed by atoms with van der Waals surface area (Å²) in [4.78, 5) is 19.6. The summed E-state index contributed by atoms with van der Waals surface area (Å²) in [5, 5.41) is 7.19. The number of carbonyl (C=O) groups is 1. The van der Waals surface area contributed by atoms with Crippen molar-refractivity contribution in [2.75, 3.05) is 11.9 Å². The number of pyridine rings is 1. The molecule has 2 aromatic heterocycles. The molecule has 6 nitrogen and oxygen atoms in total. The molecule has 1 aromatic carbocycles. The number of aryl methyl sites for hydroxylation is 1. The zero-order valence-corrected chi connectivity index (χ0v) is 20.3. The SMILES string of the molecule is Cc1ccccc1NC(=O)CCN1C(=S)N[C@@H](c2ccccn2)[C@@H]1c1ccn(C2CCCC2)c1. The fraction of sp³-hybridized carbons (Fsp3) is 0.370. The van der Waals surface area contributed by atoms with Crippen molar-refractivity contribution < 1.29 is 4.79 Å². The third kappa shape index (κ3) is 4.71. The first-order valence-corrected chi connectivity index (χ1v) is 12.5. The van der Waals surface area contributed by atoms with Gasteiger partial charge in [0.2, 0.25) is 5.91 Å². The molecule has 0 spiro atoms. The van der Waals surface area contributed by atoms with E-state index < -0.39 is 0 Å². The first kappa shape index (κ1) is 22.6. The number of amides is 1. The third-order valence-corrected chi connectivity index (χ3v) is 7.37. The summed E-state index contributed by atoms with van der Waals surface area (Å²) in [6, 6.07) is 16.5. The first-order chi connectivity index (χ1) is 16.6. The average Bonchev–Trinajstić information content (AvgIpc) is 3.60. The summed E-state index contributed by atoms with van der Waals surface area (Å²) in [5.74, 6) is -0.0133. The minimum Gasteiger partial charge on any atom is -0.352 e. The molecular formula is C27H31N5OS. The van der Waals surface area contributed by atoms with Gasteiger partial charge in [0, 0.05) is 43.3 Å². The van der Waals surface area contributed by atoms with Gasteiger partial charge in [-0.05, 0) is 67.4 Å². The van der Waals surface area contributed by atoms with Crippen LogP contribution in [0.1, 0.15) is 67.1 Å². The van der Waals surface area contributed by atoms with E-state index in [-0.39, 0.29) is 18.0 Å². The maximum atomic E-state index is 12.8. The van der Waals surface area contributed by atoms with Crippen molar-refractivity contribution in [2.45, 2.75) is 57.2 Å². The molecule has 2 N–H and O–H groups in total. The van der Waals surface area contributed by atoms with E-state index in [2.05, 4.69) is 43.5 Å². The van der Waals surface area contributed by atoms with Crippen molar-refractivity contribution in [3.8, 4) is 0 Å². The van der Waals surface area contributed by atoms with E-state index in [1.54, 1.807) is 0 Å². The second-order valence-electron chi connectivity index (χ2n) is 9.26. The van der Waals surface area contributed by atoms with Gasteiger partial charge in [0.05, 0.1) is 17.8 Å². The number of aromatic nitrogens is 2. The van der Waals surface area contributed by atoms with Crippen LogP contribution < -0.4 is 10.6 Å². The fourth-order valence-corrected chi connectivity index (χ4v) is 5.52. The number of hydrogen-bond donors (Lipinski definition) is 2. The molecule has 2 aliphatic rings. The Kier molecular flexibility index (Phi) is 6.63. The molecular weight excluding hydrogens is 442 g/mol. The van der Waals surface area contributed by atoms with E-state index in [4.69, 9.17) is 12.2 Å². The minimum absolute atomic E-state index is 0.0133. The van der Waals surface area contributed by atoms with Gasteiger partial charge in [-0.25, -0.2) is 0 Å². The number of thiocarbonyl (C=S) groups is 1. The molecule has 0 radical (unpaired) electrons. The Morgan fingerprint density at radius 2 is 1.94 bits per heavy atom. The summed E-state index contributed by atoms with van der Waals surface area (Å²) >= 11 is 5.76. The van der Waals surface area contributed by atoms with E-state index in [1.807, 2.05) is 55.6 Å². The van der Waals surface area contributed by atoms with E-state index in [0.717, 1.165) is 16.9 Å². The number of para-hydroxylation sites is 1. The minimum atomic E-state index is -0.0624. The van der Waals surface area contributed by atoms with Crippen molar-refractivity contribution in [1.82, 2.24) is 19.8 Å². The van der Waals surface area contributed by atoms with E-state index in [0.29, 0.717) is 24.1 Å². The van der Waals surface area contributed by atoms with Gasteiger partial charge in [-0.3, -0.25) is 9.78 Å². The lowest BCUT2D eigenvalue weighted by molar-refractivity contribution is -0.116. The van der Waals surface area contributed by atoms with Crippen molar-refractivity contribution in [3.63, 3.8) is 0 Å². The van der Waals surface area contributed by atoms with Crippen molar-refractivity contribution in [3.05, 3.63) is 83.9 Å². The van der Waals surface area contributed by atoms with Gasteiger partial charge in [0.15, 0.2) is 5.11 Å². The lowest BCUT2D eigenvalue weighted by Crippen LogP contribution is -2.32. The van der Waals surface area contributed by atoms with Gasteiger partial charge in [0.1, 0.15) is 0 Å². The van der Waals surface area contributed by atoms with E-state index in [9.17, 15) is 4.79 Å². The lowest BCUT2D eigenvalue weighted by Gasteiger charge is -2.27. The number of nitrogens with zero attached hydrogens (tertiary/aromatic N) is 3. The number of carbonyl (C=O) groups excluding carboxylic acids is 1. The molecule has 3 aromatic rings. The summed E-state index contributed by atoms with van der Waals surface area (Å²) in [6.07, 6.45) is 11.7. The molecule has 3 heterocycles. The summed E-state index contributed by atoms with van der Waals surface area (Å²) in [5.41, 5.74) is 4.06. The van der Waals surface area contributed by atoms with Crippen LogP contribution in [-0.4, -0.2) is 32.0 Å². The normalized spacial score (nSPS) is 20.5. The monoisotopic (exact) mass is 473 g/mol. The molecule has 1 saturated carbocycles. The van der Waals surface area contributed by atoms with Gasteiger partial charge >= 0.3 is 0 Å². The van der Waals surface area contributed by atoms with Gasteiger partial charge in [-0.2, -0.15) is 0 Å². The van der Waals surface area contributed by atoms with Crippen molar-refractivity contribution in [1.29, 1.82) is 0 Å². The standard InChI is InChI=1S/C27H31N5OS/c1-19-8-2-5-11-22(19)29-24(33)14-17-32-26(20-13-16-31(18-20)21-9-3-4-10-21)25(30-27(32)34)23-12-6-7-15-28-23/h2,5-8,11-13,15-16,18,21,25-26H,3-4,9-10,14,17H2,1H3,(H,29,33)(H,30,34)/t25-,26-/m0/s1. The topological polar surface area (TPSA) is 62.2 Å². The molecule has 2 atom stereocenters. The largest absolute Gasteiger partial charge is 0.352 e. The average molecular weight is 474 g/mol. The van der Waals surface area contributed by atoms with Crippen molar-refractivity contribution >= 4 is 28.9 Å². The summed E-state index contributed by atoms with van der Waals surface area (Å²) in [7, 11) is 0. The second kappa shape index (κ2) is 9.97. The van der Waals surface area contributed by atoms with Crippen LogP contribution in [0.15, 0.2) is 67.1 Å².